The Bertz CT molecular complexity index is 307. The summed E-state index contributed by atoms with van der Waals surface area (Å²) in [5.74, 6) is 0. The van der Waals surface area contributed by atoms with Crippen LogP contribution in [0.4, 0.5) is 5.69 Å². The molecule has 0 aliphatic carbocycles. The lowest BCUT2D eigenvalue weighted by Gasteiger charge is -2.15. The minimum atomic E-state index is -0.154. The molecule has 1 aromatic carbocycles. The molecule has 0 fully saturated rings. The van der Waals surface area contributed by atoms with E-state index in [1.54, 1.807) is 0 Å². The smallest absolute Gasteiger partial charge is 0.0440 e. The highest BCUT2D eigenvalue weighted by Gasteiger charge is 2.09. The van der Waals surface area contributed by atoms with Crippen molar-refractivity contribution < 1.29 is 0 Å². The van der Waals surface area contributed by atoms with Gasteiger partial charge in [-0.05, 0) is 25.0 Å². The van der Waals surface area contributed by atoms with E-state index in [4.69, 9.17) is 17.2 Å². The summed E-state index contributed by atoms with van der Waals surface area (Å²) < 4.78 is 0. The SMILES string of the molecule is Cc1cc(C)c(N)c([C@H](N)CN)c1. The van der Waals surface area contributed by atoms with E-state index >= 15 is 0 Å². The van der Waals surface area contributed by atoms with Crippen LogP contribution in [0.2, 0.25) is 0 Å². The molecule has 0 heterocycles. The molecule has 3 heteroatoms. The summed E-state index contributed by atoms with van der Waals surface area (Å²) in [5.41, 5.74) is 21.2. The fourth-order valence-electron chi connectivity index (χ4n) is 1.45. The summed E-state index contributed by atoms with van der Waals surface area (Å²) in [6, 6.07) is 3.89. The van der Waals surface area contributed by atoms with Gasteiger partial charge in [-0.2, -0.15) is 0 Å². The van der Waals surface area contributed by atoms with Gasteiger partial charge in [-0.1, -0.05) is 17.7 Å². The van der Waals surface area contributed by atoms with Crippen LogP contribution in [0.15, 0.2) is 12.1 Å². The number of hydrogen-bond donors (Lipinski definition) is 3. The minimum Gasteiger partial charge on any atom is -0.398 e. The second-order valence-corrected chi connectivity index (χ2v) is 3.43. The lowest BCUT2D eigenvalue weighted by Crippen LogP contribution is -2.22. The Hall–Kier alpha value is -1.06. The number of hydrogen-bond acceptors (Lipinski definition) is 3. The summed E-state index contributed by atoms with van der Waals surface area (Å²) in [7, 11) is 0. The van der Waals surface area contributed by atoms with Crippen molar-refractivity contribution in [3.63, 3.8) is 0 Å². The number of nitrogen functional groups attached to an aromatic ring is 1. The van der Waals surface area contributed by atoms with Crippen LogP contribution < -0.4 is 17.2 Å². The highest BCUT2D eigenvalue weighted by Crippen LogP contribution is 2.23. The molecule has 1 aromatic rings. The van der Waals surface area contributed by atoms with Gasteiger partial charge in [-0.15, -0.1) is 0 Å². The van der Waals surface area contributed by atoms with Crippen LogP contribution in [0.25, 0.3) is 0 Å². The van der Waals surface area contributed by atoms with Crippen LogP contribution in [0.5, 0.6) is 0 Å². The quantitative estimate of drug-likeness (QED) is 0.589. The van der Waals surface area contributed by atoms with E-state index in [0.29, 0.717) is 6.54 Å². The van der Waals surface area contributed by atoms with E-state index in [-0.39, 0.29) is 6.04 Å². The molecule has 0 aromatic heterocycles. The molecule has 0 bridgehead atoms. The summed E-state index contributed by atoms with van der Waals surface area (Å²) >= 11 is 0. The Balaban J connectivity index is 3.20. The Morgan fingerprint density at radius 1 is 1.31 bits per heavy atom. The van der Waals surface area contributed by atoms with Crippen molar-refractivity contribution in [1.82, 2.24) is 0 Å². The van der Waals surface area contributed by atoms with Crippen molar-refractivity contribution in [2.24, 2.45) is 11.5 Å². The molecule has 72 valence electrons. The molecular formula is C10H17N3. The van der Waals surface area contributed by atoms with Crippen LogP contribution in [-0.4, -0.2) is 6.54 Å². The van der Waals surface area contributed by atoms with Gasteiger partial charge >= 0.3 is 0 Å². The van der Waals surface area contributed by atoms with Crippen molar-refractivity contribution in [2.75, 3.05) is 12.3 Å². The summed E-state index contributed by atoms with van der Waals surface area (Å²) in [6.45, 7) is 4.43. The van der Waals surface area contributed by atoms with Gasteiger partial charge in [0.1, 0.15) is 0 Å². The maximum atomic E-state index is 5.89. The maximum Gasteiger partial charge on any atom is 0.0440 e. The largest absolute Gasteiger partial charge is 0.398 e. The lowest BCUT2D eigenvalue weighted by atomic mass is 9.99. The van der Waals surface area contributed by atoms with E-state index in [0.717, 1.165) is 16.8 Å². The molecule has 0 radical (unpaired) electrons. The number of aryl methyl sites for hydroxylation is 2. The van der Waals surface area contributed by atoms with Gasteiger partial charge in [0.15, 0.2) is 0 Å². The molecule has 0 saturated heterocycles. The number of benzene rings is 1. The average Bonchev–Trinajstić information content (AvgIpc) is 2.10. The fraction of sp³-hybridized carbons (Fsp3) is 0.400. The molecule has 1 rings (SSSR count). The number of nitrogens with two attached hydrogens (primary N) is 3. The highest BCUT2D eigenvalue weighted by atomic mass is 14.7. The van der Waals surface area contributed by atoms with E-state index in [9.17, 15) is 0 Å². The molecule has 0 aliphatic heterocycles. The molecule has 0 amide bonds. The van der Waals surface area contributed by atoms with Crippen molar-refractivity contribution in [1.29, 1.82) is 0 Å². The standard InChI is InChI=1S/C10H17N3/c1-6-3-7(2)10(13)8(4-6)9(12)5-11/h3-4,9H,5,11-13H2,1-2H3/t9-/m1/s1. The zero-order valence-electron chi connectivity index (χ0n) is 8.17. The van der Waals surface area contributed by atoms with Crippen molar-refractivity contribution in [3.8, 4) is 0 Å². The van der Waals surface area contributed by atoms with Crippen molar-refractivity contribution >= 4 is 5.69 Å². The van der Waals surface area contributed by atoms with Gasteiger partial charge < -0.3 is 17.2 Å². The van der Waals surface area contributed by atoms with Gasteiger partial charge in [0, 0.05) is 18.3 Å². The molecule has 1 atom stereocenters. The van der Waals surface area contributed by atoms with Crippen LogP contribution in [0.1, 0.15) is 22.7 Å². The molecule has 0 saturated carbocycles. The zero-order chi connectivity index (χ0) is 10.0. The van der Waals surface area contributed by atoms with Crippen molar-refractivity contribution in [3.05, 3.63) is 28.8 Å². The van der Waals surface area contributed by atoms with Gasteiger partial charge in [-0.3, -0.25) is 0 Å². The van der Waals surface area contributed by atoms with Crippen molar-refractivity contribution in [2.45, 2.75) is 19.9 Å². The predicted octanol–water partition coefficient (Wildman–Crippen LogP) is 0.844. The Morgan fingerprint density at radius 3 is 2.46 bits per heavy atom. The fourth-order valence-corrected chi connectivity index (χ4v) is 1.45. The normalized spacial score (nSPS) is 12.9. The third-order valence-corrected chi connectivity index (χ3v) is 2.22. The summed E-state index contributed by atoms with van der Waals surface area (Å²) in [6.07, 6.45) is 0. The molecular weight excluding hydrogens is 162 g/mol. The Morgan fingerprint density at radius 2 is 1.92 bits per heavy atom. The van der Waals surface area contributed by atoms with Gasteiger partial charge in [-0.25, -0.2) is 0 Å². The first-order chi connectivity index (χ1) is 6.06. The van der Waals surface area contributed by atoms with Crippen LogP contribution in [0.3, 0.4) is 0 Å². The first-order valence-corrected chi connectivity index (χ1v) is 4.38. The topological polar surface area (TPSA) is 78.1 Å². The van der Waals surface area contributed by atoms with Crippen LogP contribution >= 0.6 is 0 Å². The number of anilines is 1. The van der Waals surface area contributed by atoms with E-state index in [2.05, 4.69) is 0 Å². The summed E-state index contributed by atoms with van der Waals surface area (Å²) in [4.78, 5) is 0. The van der Waals surface area contributed by atoms with Gasteiger partial charge in [0.05, 0.1) is 0 Å². The molecule has 0 aliphatic rings. The molecule has 0 unspecified atom stereocenters. The van der Waals surface area contributed by atoms with Crippen LogP contribution in [-0.2, 0) is 0 Å². The predicted molar refractivity (Wildman–Crippen MR) is 56.3 cm³/mol. The second kappa shape index (κ2) is 3.77. The first-order valence-electron chi connectivity index (χ1n) is 4.38. The average molecular weight is 179 g/mol. The van der Waals surface area contributed by atoms with E-state index in [1.807, 2.05) is 26.0 Å². The first kappa shape index (κ1) is 10.0. The lowest BCUT2D eigenvalue weighted by molar-refractivity contribution is 0.738. The van der Waals surface area contributed by atoms with Gasteiger partial charge in [0.2, 0.25) is 0 Å². The molecule has 6 N–H and O–H groups in total. The third-order valence-electron chi connectivity index (χ3n) is 2.22. The summed E-state index contributed by atoms with van der Waals surface area (Å²) in [5, 5.41) is 0. The molecule has 13 heavy (non-hydrogen) atoms. The van der Waals surface area contributed by atoms with E-state index in [1.165, 1.54) is 5.56 Å². The Kier molecular flexibility index (Phi) is 2.90. The minimum absolute atomic E-state index is 0.154. The highest BCUT2D eigenvalue weighted by molar-refractivity contribution is 5.56. The second-order valence-electron chi connectivity index (χ2n) is 3.43. The Labute approximate surface area is 78.9 Å². The maximum absolute atomic E-state index is 5.89. The van der Waals surface area contributed by atoms with E-state index < -0.39 is 0 Å². The molecule has 0 spiro atoms. The zero-order valence-corrected chi connectivity index (χ0v) is 8.17. The number of rotatable bonds is 2. The van der Waals surface area contributed by atoms with Gasteiger partial charge in [0.25, 0.3) is 0 Å². The monoisotopic (exact) mass is 179 g/mol. The van der Waals surface area contributed by atoms with Crippen LogP contribution in [0, 0.1) is 13.8 Å². The molecule has 3 nitrogen and oxygen atoms in total. The third kappa shape index (κ3) is 1.99.